The van der Waals surface area contributed by atoms with Crippen molar-refractivity contribution < 1.29 is 14.2 Å². The first kappa shape index (κ1) is 21.3. The van der Waals surface area contributed by atoms with Gasteiger partial charge in [-0.25, -0.2) is 4.79 Å². The van der Waals surface area contributed by atoms with E-state index in [2.05, 4.69) is 20.9 Å². The maximum Gasteiger partial charge on any atom is 0.329 e. The molecule has 1 N–H and O–H groups in total. The van der Waals surface area contributed by atoms with Gasteiger partial charge in [0.2, 0.25) is 0 Å². The van der Waals surface area contributed by atoms with Crippen LogP contribution in [0.15, 0.2) is 37.6 Å². The van der Waals surface area contributed by atoms with Crippen molar-refractivity contribution in [1.29, 1.82) is 0 Å². The first-order chi connectivity index (χ1) is 14.5. The van der Waals surface area contributed by atoms with E-state index in [1.807, 2.05) is 31.2 Å². The second kappa shape index (κ2) is 9.05. The first-order valence-corrected chi connectivity index (χ1v) is 11.4. The lowest BCUT2D eigenvalue weighted by Crippen LogP contribution is -2.33. The molecule has 30 heavy (non-hydrogen) atoms. The Morgan fingerprint density at radius 2 is 2.03 bits per heavy atom. The molecule has 1 atom stereocenters. The van der Waals surface area contributed by atoms with Crippen molar-refractivity contribution in [1.82, 2.24) is 9.55 Å². The summed E-state index contributed by atoms with van der Waals surface area (Å²) in [4.78, 5) is 28.3. The van der Waals surface area contributed by atoms with Crippen molar-refractivity contribution in [3.63, 3.8) is 0 Å². The number of H-pyrrole nitrogens is 1. The molecule has 0 aliphatic carbocycles. The van der Waals surface area contributed by atoms with Gasteiger partial charge < -0.3 is 14.2 Å². The summed E-state index contributed by atoms with van der Waals surface area (Å²) < 4.78 is 19.9. The minimum absolute atomic E-state index is 0.0272. The van der Waals surface area contributed by atoms with Crippen molar-refractivity contribution in [3.05, 3.63) is 60.0 Å². The van der Waals surface area contributed by atoms with E-state index in [1.165, 1.54) is 11.3 Å². The molecule has 1 aliphatic heterocycles. The minimum Gasteiger partial charge on any atom is -0.496 e. The fourth-order valence-corrected chi connectivity index (χ4v) is 5.47. The summed E-state index contributed by atoms with van der Waals surface area (Å²) in [6.07, 6.45) is 1.20. The topological polar surface area (TPSA) is 82.6 Å². The Kier molecular flexibility index (Phi) is 6.43. The van der Waals surface area contributed by atoms with Gasteiger partial charge in [0.05, 0.1) is 28.9 Å². The number of aromatic nitrogens is 2. The predicted octanol–water partition coefficient (Wildman–Crippen LogP) is 3.77. The van der Waals surface area contributed by atoms with Crippen LogP contribution in [0.1, 0.15) is 30.1 Å². The van der Waals surface area contributed by atoms with Gasteiger partial charge in [-0.3, -0.25) is 14.3 Å². The summed E-state index contributed by atoms with van der Waals surface area (Å²) in [5, 5.41) is 0.524. The highest BCUT2D eigenvalue weighted by atomic mass is 79.9. The van der Waals surface area contributed by atoms with E-state index in [0.29, 0.717) is 29.2 Å². The summed E-state index contributed by atoms with van der Waals surface area (Å²) in [5.74, 6) is 0.701. The third-order valence-electron chi connectivity index (χ3n) is 5.37. The molecule has 7 nitrogen and oxygen atoms in total. The summed E-state index contributed by atoms with van der Waals surface area (Å²) >= 11 is 4.88. The van der Waals surface area contributed by atoms with Crippen LogP contribution < -0.4 is 16.0 Å². The van der Waals surface area contributed by atoms with Crippen molar-refractivity contribution in [2.45, 2.75) is 38.5 Å². The van der Waals surface area contributed by atoms with Crippen LogP contribution in [0.2, 0.25) is 0 Å². The van der Waals surface area contributed by atoms with Crippen molar-refractivity contribution in [2.24, 2.45) is 0 Å². The maximum absolute atomic E-state index is 12.8. The summed E-state index contributed by atoms with van der Waals surface area (Å²) in [6, 6.07) is 7.66. The predicted molar refractivity (Wildman–Crippen MR) is 120 cm³/mol. The van der Waals surface area contributed by atoms with E-state index < -0.39 is 11.8 Å². The van der Waals surface area contributed by atoms with Crippen molar-refractivity contribution in [3.8, 4) is 5.75 Å². The molecule has 4 rings (SSSR count). The Morgan fingerprint density at radius 3 is 2.77 bits per heavy atom. The van der Waals surface area contributed by atoms with E-state index in [9.17, 15) is 9.59 Å². The largest absolute Gasteiger partial charge is 0.496 e. The molecule has 1 aliphatic rings. The van der Waals surface area contributed by atoms with Crippen molar-refractivity contribution >= 4 is 37.5 Å². The average molecular weight is 495 g/mol. The number of benzene rings is 1. The van der Waals surface area contributed by atoms with Gasteiger partial charge in [-0.1, -0.05) is 18.2 Å². The zero-order valence-electron chi connectivity index (χ0n) is 16.8. The molecule has 0 radical (unpaired) electrons. The summed E-state index contributed by atoms with van der Waals surface area (Å²) in [7, 11) is 1.62. The number of nitrogens with one attached hydrogen (secondary N) is 1. The molecule has 0 saturated carbocycles. The molecule has 3 heterocycles. The number of para-hydroxylation sites is 1. The first-order valence-electron chi connectivity index (χ1n) is 9.77. The molecule has 0 unspecified atom stereocenters. The molecule has 1 fully saturated rings. The van der Waals surface area contributed by atoms with Crippen LogP contribution in [0, 0.1) is 6.92 Å². The molecular formula is C21H23BrN2O5S. The van der Waals surface area contributed by atoms with Crippen LogP contribution in [-0.4, -0.2) is 36.0 Å². The zero-order chi connectivity index (χ0) is 21.3. The Balaban J connectivity index is 1.79. The normalized spacial score (nSPS) is 16.1. The molecule has 2 aromatic heterocycles. The SMILES string of the molecule is COc1ccccc1[C@H](Cn1c(=O)[nH]c(=O)c2c(C)c(Br)sc21)OC1CCOCC1. The molecule has 160 valence electrons. The summed E-state index contributed by atoms with van der Waals surface area (Å²) in [5.41, 5.74) is 0.871. The quantitative estimate of drug-likeness (QED) is 0.563. The number of hydrogen-bond donors (Lipinski definition) is 1. The number of thiophene rings is 1. The van der Waals surface area contributed by atoms with Gasteiger partial charge in [0.25, 0.3) is 5.56 Å². The van der Waals surface area contributed by atoms with E-state index >= 15 is 0 Å². The minimum atomic E-state index is -0.447. The Morgan fingerprint density at radius 1 is 1.30 bits per heavy atom. The van der Waals surface area contributed by atoms with Crippen LogP contribution in [0.3, 0.4) is 0 Å². The lowest BCUT2D eigenvalue weighted by atomic mass is 10.1. The fraction of sp³-hybridized carbons (Fsp3) is 0.429. The van der Waals surface area contributed by atoms with Crippen LogP contribution in [-0.2, 0) is 16.0 Å². The van der Waals surface area contributed by atoms with Crippen LogP contribution in [0.25, 0.3) is 10.2 Å². The molecule has 0 amide bonds. The van der Waals surface area contributed by atoms with Crippen LogP contribution in [0.5, 0.6) is 5.75 Å². The number of aryl methyl sites for hydroxylation is 1. The smallest absolute Gasteiger partial charge is 0.329 e. The van der Waals surface area contributed by atoms with Gasteiger partial charge in [-0.05, 0) is 47.3 Å². The highest BCUT2D eigenvalue weighted by Gasteiger charge is 2.26. The number of nitrogens with zero attached hydrogens (tertiary/aromatic N) is 1. The van der Waals surface area contributed by atoms with Gasteiger partial charge in [0.15, 0.2) is 0 Å². The van der Waals surface area contributed by atoms with Gasteiger partial charge in [-0.15, -0.1) is 11.3 Å². The van der Waals surface area contributed by atoms with E-state index in [1.54, 1.807) is 11.7 Å². The van der Waals surface area contributed by atoms with E-state index in [0.717, 1.165) is 27.8 Å². The highest BCUT2D eigenvalue weighted by molar-refractivity contribution is 9.11. The zero-order valence-corrected chi connectivity index (χ0v) is 19.2. The Bertz CT molecular complexity index is 1160. The Hall–Kier alpha value is -1.94. The van der Waals surface area contributed by atoms with E-state index in [4.69, 9.17) is 14.2 Å². The van der Waals surface area contributed by atoms with Gasteiger partial charge in [0.1, 0.15) is 16.7 Å². The second-order valence-electron chi connectivity index (χ2n) is 7.23. The fourth-order valence-electron chi connectivity index (χ4n) is 3.77. The molecule has 9 heteroatoms. The lowest BCUT2D eigenvalue weighted by molar-refractivity contribution is -0.0752. The standard InChI is InChI=1S/C21H23BrN2O5S/c1-12-17-19(25)23-21(26)24(20(17)30-18(12)22)11-16(29-13-7-9-28-10-8-13)14-5-3-4-6-15(14)27-2/h3-6,13,16H,7-11H2,1-2H3,(H,23,25,26)/t16-/m0/s1. The number of aromatic amines is 1. The number of rotatable bonds is 6. The molecule has 0 bridgehead atoms. The molecule has 3 aromatic rings. The molecule has 1 saturated heterocycles. The van der Waals surface area contributed by atoms with Gasteiger partial charge >= 0.3 is 5.69 Å². The Labute approximate surface area is 185 Å². The average Bonchev–Trinajstić information content (AvgIpc) is 3.05. The third-order valence-corrected chi connectivity index (χ3v) is 7.55. The van der Waals surface area contributed by atoms with Crippen molar-refractivity contribution in [2.75, 3.05) is 20.3 Å². The number of ether oxygens (including phenoxy) is 3. The number of halogens is 1. The second-order valence-corrected chi connectivity index (χ2v) is 9.55. The lowest BCUT2D eigenvalue weighted by Gasteiger charge is -2.29. The van der Waals surface area contributed by atoms with Gasteiger partial charge in [-0.2, -0.15) is 0 Å². The van der Waals surface area contributed by atoms with Crippen LogP contribution in [0.4, 0.5) is 0 Å². The van der Waals surface area contributed by atoms with Gasteiger partial charge in [0, 0.05) is 18.8 Å². The van der Waals surface area contributed by atoms with E-state index in [-0.39, 0.29) is 18.2 Å². The molecular weight excluding hydrogens is 472 g/mol. The third kappa shape index (κ3) is 4.12. The van der Waals surface area contributed by atoms with Crippen LogP contribution >= 0.6 is 27.3 Å². The number of methoxy groups -OCH3 is 1. The molecule has 0 spiro atoms. The molecule has 1 aromatic carbocycles. The maximum atomic E-state index is 12.8. The number of hydrogen-bond acceptors (Lipinski definition) is 6. The number of fused-ring (bicyclic) bond motifs is 1. The highest BCUT2D eigenvalue weighted by Crippen LogP contribution is 2.35. The summed E-state index contributed by atoms with van der Waals surface area (Å²) in [6.45, 7) is 3.44. The monoisotopic (exact) mass is 494 g/mol.